The molecule has 0 fully saturated rings. The van der Waals surface area contributed by atoms with E-state index in [-0.39, 0.29) is 11.5 Å². The maximum atomic E-state index is 12.7. The number of anilines is 1. The Morgan fingerprint density at radius 1 is 1.18 bits per heavy atom. The number of nitrogens with one attached hydrogen (secondary N) is 1. The summed E-state index contributed by atoms with van der Waals surface area (Å²) in [5.41, 5.74) is 2.87. The van der Waals surface area contributed by atoms with Gasteiger partial charge in [0, 0.05) is 12.1 Å². The summed E-state index contributed by atoms with van der Waals surface area (Å²) in [5, 5.41) is 3.35. The van der Waals surface area contributed by atoms with Gasteiger partial charge in [-0.1, -0.05) is 11.3 Å². The van der Waals surface area contributed by atoms with Crippen LogP contribution in [0.15, 0.2) is 41.2 Å². The first-order valence-electron chi connectivity index (χ1n) is 8.77. The molecule has 4 aromatic rings. The topological polar surface area (TPSA) is 86.1 Å². The molecule has 4 rings (SSSR count). The summed E-state index contributed by atoms with van der Waals surface area (Å²) in [6.07, 6.45) is 0. The third-order valence-corrected chi connectivity index (χ3v) is 5.44. The molecular formula is C20H18N4O3S. The minimum atomic E-state index is -0.276. The Kier molecular flexibility index (Phi) is 4.56. The number of hydrogen-bond donors (Lipinski definition) is 1. The number of carbonyl (C=O) groups is 1. The first-order valence-corrected chi connectivity index (χ1v) is 9.59. The molecule has 142 valence electrons. The van der Waals surface area contributed by atoms with Gasteiger partial charge in [-0.3, -0.25) is 14.9 Å². The number of ether oxygens (including phenoxy) is 1. The molecule has 8 heteroatoms. The molecule has 0 aliphatic rings. The molecule has 0 bridgehead atoms. The van der Waals surface area contributed by atoms with E-state index in [1.165, 1.54) is 11.3 Å². The first-order chi connectivity index (χ1) is 13.5. The number of amides is 1. The molecule has 0 unspecified atom stereocenters. The highest BCUT2D eigenvalue weighted by atomic mass is 32.1. The fourth-order valence-electron chi connectivity index (χ4n) is 3.08. The minimum Gasteiger partial charge on any atom is -0.497 e. The summed E-state index contributed by atoms with van der Waals surface area (Å²) < 4.78 is 7.80. The highest BCUT2D eigenvalue weighted by molar-refractivity contribution is 7.22. The molecule has 2 heterocycles. The number of hydrogen-bond acceptors (Lipinski definition) is 6. The molecule has 0 saturated heterocycles. The summed E-state index contributed by atoms with van der Waals surface area (Å²) in [6, 6.07) is 10.7. The zero-order chi connectivity index (χ0) is 19.8. The van der Waals surface area contributed by atoms with Crippen LogP contribution in [0.4, 0.5) is 5.13 Å². The van der Waals surface area contributed by atoms with E-state index in [9.17, 15) is 9.59 Å². The average molecular weight is 394 g/mol. The fraction of sp³-hybridized carbons (Fsp3) is 0.200. The van der Waals surface area contributed by atoms with Crippen LogP contribution in [0.1, 0.15) is 23.0 Å². The van der Waals surface area contributed by atoms with E-state index in [0.717, 1.165) is 16.0 Å². The van der Waals surface area contributed by atoms with Gasteiger partial charge in [-0.15, -0.1) is 0 Å². The van der Waals surface area contributed by atoms with Gasteiger partial charge in [-0.25, -0.2) is 9.97 Å². The van der Waals surface area contributed by atoms with Crippen molar-refractivity contribution >= 4 is 43.6 Å². The average Bonchev–Trinajstić information content (AvgIpc) is 3.09. The second kappa shape index (κ2) is 7.05. The van der Waals surface area contributed by atoms with Crippen LogP contribution >= 0.6 is 11.3 Å². The summed E-state index contributed by atoms with van der Waals surface area (Å²) in [4.78, 5) is 33.7. The Balaban J connectivity index is 1.67. The molecule has 0 aliphatic heterocycles. The minimum absolute atomic E-state index is 0.114. The van der Waals surface area contributed by atoms with Gasteiger partial charge in [0.1, 0.15) is 11.4 Å². The fourth-order valence-corrected chi connectivity index (χ4v) is 3.97. The Bertz CT molecular complexity index is 1280. The zero-order valence-corrected chi connectivity index (χ0v) is 16.5. The van der Waals surface area contributed by atoms with Crippen molar-refractivity contribution in [3.63, 3.8) is 0 Å². The number of nitrogens with zero attached hydrogens (tertiary/aromatic N) is 3. The lowest BCUT2D eigenvalue weighted by Gasteiger charge is -2.10. The van der Waals surface area contributed by atoms with Crippen molar-refractivity contribution < 1.29 is 9.53 Å². The molecule has 0 saturated carbocycles. The van der Waals surface area contributed by atoms with Crippen molar-refractivity contribution in [1.82, 2.24) is 14.5 Å². The van der Waals surface area contributed by atoms with Crippen molar-refractivity contribution in [2.45, 2.75) is 20.4 Å². The number of carbonyl (C=O) groups excluding carboxylic acids is 1. The van der Waals surface area contributed by atoms with Gasteiger partial charge in [0.15, 0.2) is 5.13 Å². The van der Waals surface area contributed by atoms with Gasteiger partial charge in [0.25, 0.3) is 11.5 Å². The van der Waals surface area contributed by atoms with E-state index in [1.807, 2.05) is 25.1 Å². The smallest absolute Gasteiger partial charge is 0.272 e. The number of benzene rings is 2. The van der Waals surface area contributed by atoms with E-state index in [1.54, 1.807) is 36.8 Å². The number of fused-ring (bicyclic) bond motifs is 2. The van der Waals surface area contributed by atoms with Crippen molar-refractivity contribution in [3.8, 4) is 5.75 Å². The van der Waals surface area contributed by atoms with Crippen molar-refractivity contribution in [1.29, 1.82) is 0 Å². The Labute approximate surface area is 164 Å². The van der Waals surface area contributed by atoms with Crippen LogP contribution in [0.5, 0.6) is 5.75 Å². The molecule has 0 aliphatic carbocycles. The first kappa shape index (κ1) is 18.1. The van der Waals surface area contributed by atoms with E-state index in [2.05, 4.69) is 15.3 Å². The summed E-state index contributed by atoms with van der Waals surface area (Å²) >= 11 is 1.38. The standard InChI is InChI=1S/C20H18N4O3S/c1-4-24-16-8-5-12(9-15(16)21-11(2)19(24)26)18(25)23-20-22-14-7-6-13(27-3)10-17(14)28-20/h5-10H,4H2,1-3H3,(H,22,23,25). The number of aryl methyl sites for hydroxylation is 2. The van der Waals surface area contributed by atoms with Crippen molar-refractivity contribution in [2.75, 3.05) is 12.4 Å². The van der Waals surface area contributed by atoms with E-state index in [0.29, 0.717) is 34.0 Å². The molecule has 2 aromatic carbocycles. The lowest BCUT2D eigenvalue weighted by molar-refractivity contribution is 0.102. The van der Waals surface area contributed by atoms with Crippen LogP contribution in [-0.2, 0) is 6.54 Å². The number of thiazole rings is 1. The third kappa shape index (κ3) is 3.11. The molecule has 28 heavy (non-hydrogen) atoms. The Hall–Kier alpha value is -3.26. The van der Waals surface area contributed by atoms with Crippen molar-refractivity contribution in [3.05, 3.63) is 58.0 Å². The predicted octanol–water partition coefficient (Wildman–Crippen LogP) is 3.60. The van der Waals surface area contributed by atoms with Gasteiger partial charge in [-0.2, -0.15) is 0 Å². The molecular weight excluding hydrogens is 376 g/mol. The molecule has 1 N–H and O–H groups in total. The normalized spacial score (nSPS) is 11.1. The number of aromatic nitrogens is 3. The predicted molar refractivity (Wildman–Crippen MR) is 111 cm³/mol. The largest absolute Gasteiger partial charge is 0.497 e. The van der Waals surface area contributed by atoms with Gasteiger partial charge in [0.2, 0.25) is 0 Å². The van der Waals surface area contributed by atoms with Crippen LogP contribution in [0.2, 0.25) is 0 Å². The molecule has 0 atom stereocenters. The number of methoxy groups -OCH3 is 1. The molecule has 1 amide bonds. The van der Waals surface area contributed by atoms with Gasteiger partial charge in [-0.05, 0) is 50.2 Å². The van der Waals surface area contributed by atoms with Crippen LogP contribution < -0.4 is 15.6 Å². The lowest BCUT2D eigenvalue weighted by Crippen LogP contribution is -2.23. The monoisotopic (exact) mass is 394 g/mol. The second-order valence-electron chi connectivity index (χ2n) is 6.26. The van der Waals surface area contributed by atoms with Gasteiger partial charge in [0.05, 0.1) is 28.4 Å². The Morgan fingerprint density at radius 3 is 2.75 bits per heavy atom. The van der Waals surface area contributed by atoms with Crippen LogP contribution in [-0.4, -0.2) is 27.6 Å². The quantitative estimate of drug-likeness (QED) is 0.572. The zero-order valence-electron chi connectivity index (χ0n) is 15.6. The molecule has 2 aromatic heterocycles. The molecule has 0 radical (unpaired) electrons. The Morgan fingerprint density at radius 2 is 2.00 bits per heavy atom. The van der Waals surface area contributed by atoms with E-state index < -0.39 is 0 Å². The van der Waals surface area contributed by atoms with Crippen LogP contribution in [0.25, 0.3) is 21.3 Å². The summed E-state index contributed by atoms with van der Waals surface area (Å²) in [7, 11) is 1.61. The molecule has 7 nitrogen and oxygen atoms in total. The highest BCUT2D eigenvalue weighted by Crippen LogP contribution is 2.29. The maximum Gasteiger partial charge on any atom is 0.272 e. The number of rotatable bonds is 4. The highest BCUT2D eigenvalue weighted by Gasteiger charge is 2.13. The SMILES string of the molecule is CCn1c(=O)c(C)nc2cc(C(=O)Nc3nc4ccc(OC)cc4s3)ccc21. The van der Waals surface area contributed by atoms with Crippen molar-refractivity contribution in [2.24, 2.45) is 0 Å². The maximum absolute atomic E-state index is 12.7. The van der Waals surface area contributed by atoms with Gasteiger partial charge >= 0.3 is 0 Å². The summed E-state index contributed by atoms with van der Waals surface area (Å²) in [6.45, 7) is 4.12. The lowest BCUT2D eigenvalue weighted by atomic mass is 10.1. The van der Waals surface area contributed by atoms with E-state index in [4.69, 9.17) is 4.74 Å². The van der Waals surface area contributed by atoms with E-state index >= 15 is 0 Å². The van der Waals surface area contributed by atoms with Crippen LogP contribution in [0.3, 0.4) is 0 Å². The van der Waals surface area contributed by atoms with Gasteiger partial charge < -0.3 is 9.30 Å². The summed E-state index contributed by atoms with van der Waals surface area (Å²) in [5.74, 6) is 0.466. The third-order valence-electron chi connectivity index (χ3n) is 4.50. The second-order valence-corrected chi connectivity index (χ2v) is 7.29. The molecule has 0 spiro atoms. The van der Waals surface area contributed by atoms with Crippen LogP contribution in [0, 0.1) is 6.92 Å².